The lowest BCUT2D eigenvalue weighted by molar-refractivity contribution is 0.733. The molecule has 0 N–H and O–H groups in total. The highest BCUT2D eigenvalue weighted by atomic mass is 14.3. The van der Waals surface area contributed by atoms with Gasteiger partial charge in [0.1, 0.15) is 0 Å². The monoisotopic (exact) mass is 356 g/mol. The zero-order chi connectivity index (χ0) is 19.4. The summed E-state index contributed by atoms with van der Waals surface area (Å²) >= 11 is 0. The van der Waals surface area contributed by atoms with E-state index in [4.69, 9.17) is 0 Å². The second-order valence-corrected chi connectivity index (χ2v) is 7.79. The Hall–Kier alpha value is -2.34. The molecule has 27 heavy (non-hydrogen) atoms. The number of unbranched alkanes of at least 4 members (excludes halogenated alkanes) is 1. The Morgan fingerprint density at radius 1 is 1.11 bits per heavy atom. The van der Waals surface area contributed by atoms with Crippen molar-refractivity contribution in [1.29, 1.82) is 0 Å². The van der Waals surface area contributed by atoms with E-state index in [0.29, 0.717) is 5.92 Å². The molecule has 0 heteroatoms. The van der Waals surface area contributed by atoms with Crippen LogP contribution < -0.4 is 0 Å². The quantitative estimate of drug-likeness (QED) is 0.448. The molecular weight excluding hydrogens is 324 g/mol. The van der Waals surface area contributed by atoms with E-state index >= 15 is 0 Å². The molecule has 2 aromatic carbocycles. The summed E-state index contributed by atoms with van der Waals surface area (Å²) in [5.41, 5.74) is 10.7. The van der Waals surface area contributed by atoms with Crippen molar-refractivity contribution in [2.24, 2.45) is 0 Å². The summed E-state index contributed by atoms with van der Waals surface area (Å²) in [5.74, 6) is 0.606. The highest BCUT2D eigenvalue weighted by Gasteiger charge is 2.24. The van der Waals surface area contributed by atoms with Crippen molar-refractivity contribution in [2.75, 3.05) is 0 Å². The maximum atomic E-state index is 4.53. The molecule has 0 amide bonds. The number of fused-ring (bicyclic) bond motifs is 1. The maximum Gasteiger partial charge on any atom is -0.00515 e. The number of hydrogen-bond acceptors (Lipinski definition) is 0. The van der Waals surface area contributed by atoms with Gasteiger partial charge in [0.25, 0.3) is 0 Å². The Balaban J connectivity index is 2.00. The lowest BCUT2D eigenvalue weighted by atomic mass is 9.89. The average molecular weight is 357 g/mol. The van der Waals surface area contributed by atoms with E-state index in [2.05, 4.69) is 76.4 Å². The van der Waals surface area contributed by atoms with Crippen LogP contribution in [-0.4, -0.2) is 0 Å². The predicted octanol–water partition coefficient (Wildman–Crippen LogP) is 8.06. The summed E-state index contributed by atoms with van der Waals surface area (Å²) in [7, 11) is 0. The van der Waals surface area contributed by atoms with Crippen LogP contribution in [0, 0.1) is 0 Å². The minimum Gasteiger partial charge on any atom is -0.0985 e. The smallest absolute Gasteiger partial charge is 0.00515 e. The molecule has 1 unspecified atom stereocenters. The summed E-state index contributed by atoms with van der Waals surface area (Å²) in [6.07, 6.45) is 7.79. The molecule has 0 radical (unpaired) electrons. The lowest BCUT2D eigenvalue weighted by Crippen LogP contribution is -1.94. The molecular formula is C27H32. The molecule has 0 heterocycles. The second kappa shape index (κ2) is 8.57. The Morgan fingerprint density at radius 2 is 1.85 bits per heavy atom. The number of allylic oxidation sites excluding steroid dienone is 3. The minimum absolute atomic E-state index is 0.606. The zero-order valence-electron chi connectivity index (χ0n) is 17.1. The van der Waals surface area contributed by atoms with Gasteiger partial charge >= 0.3 is 0 Å². The fourth-order valence-corrected chi connectivity index (χ4v) is 3.99. The van der Waals surface area contributed by atoms with E-state index < -0.39 is 0 Å². The minimum atomic E-state index is 0.606. The van der Waals surface area contributed by atoms with Crippen LogP contribution in [0.15, 0.2) is 61.2 Å². The van der Waals surface area contributed by atoms with E-state index in [1.165, 1.54) is 52.7 Å². The van der Waals surface area contributed by atoms with Crippen molar-refractivity contribution in [3.8, 4) is 0 Å². The molecule has 0 saturated carbocycles. The van der Waals surface area contributed by atoms with Crippen LogP contribution in [0.2, 0.25) is 0 Å². The van der Waals surface area contributed by atoms with Crippen molar-refractivity contribution in [1.82, 2.24) is 0 Å². The summed E-state index contributed by atoms with van der Waals surface area (Å²) in [4.78, 5) is 0. The normalized spacial score (nSPS) is 14.2. The molecule has 0 nitrogen and oxygen atoms in total. The van der Waals surface area contributed by atoms with Crippen LogP contribution in [0.4, 0.5) is 0 Å². The maximum absolute atomic E-state index is 4.53. The van der Waals surface area contributed by atoms with Gasteiger partial charge in [-0.25, -0.2) is 0 Å². The van der Waals surface area contributed by atoms with Crippen LogP contribution in [-0.2, 0) is 6.42 Å². The molecule has 3 rings (SSSR count). The van der Waals surface area contributed by atoms with E-state index in [0.717, 1.165) is 18.4 Å². The van der Waals surface area contributed by atoms with E-state index in [1.807, 2.05) is 6.08 Å². The molecule has 0 saturated heterocycles. The summed E-state index contributed by atoms with van der Waals surface area (Å²) < 4.78 is 0. The fraction of sp³-hybridized carbons (Fsp3) is 0.333. The Morgan fingerprint density at radius 3 is 2.48 bits per heavy atom. The highest BCUT2D eigenvalue weighted by Crippen LogP contribution is 2.43. The van der Waals surface area contributed by atoms with Crippen molar-refractivity contribution >= 4 is 17.2 Å². The predicted molar refractivity (Wildman–Crippen MR) is 121 cm³/mol. The van der Waals surface area contributed by atoms with Gasteiger partial charge in [-0.05, 0) is 76.6 Å². The third-order valence-corrected chi connectivity index (χ3v) is 5.97. The molecule has 1 aliphatic rings. The van der Waals surface area contributed by atoms with Gasteiger partial charge in [0.05, 0.1) is 0 Å². The molecule has 0 aromatic heterocycles. The number of rotatable bonds is 8. The molecule has 2 aromatic rings. The summed E-state index contributed by atoms with van der Waals surface area (Å²) in [5, 5.41) is 0. The summed E-state index contributed by atoms with van der Waals surface area (Å²) in [6.45, 7) is 15.3. The van der Waals surface area contributed by atoms with Crippen molar-refractivity contribution < 1.29 is 0 Å². The van der Waals surface area contributed by atoms with Crippen molar-refractivity contribution in [3.05, 3.63) is 89.0 Å². The van der Waals surface area contributed by atoms with Crippen molar-refractivity contribution in [2.45, 2.75) is 58.8 Å². The molecule has 140 valence electrons. The van der Waals surface area contributed by atoms with Crippen LogP contribution in [0.25, 0.3) is 17.2 Å². The zero-order valence-corrected chi connectivity index (χ0v) is 17.1. The fourth-order valence-electron chi connectivity index (χ4n) is 3.99. The Kier molecular flexibility index (Phi) is 6.16. The summed E-state index contributed by atoms with van der Waals surface area (Å²) in [6, 6.07) is 15.8. The third-order valence-electron chi connectivity index (χ3n) is 5.97. The van der Waals surface area contributed by atoms with Gasteiger partial charge in [0, 0.05) is 0 Å². The SMILES string of the molecule is C=Cc1ccc2c(c1)C(C(=C)c1ccc(C(C)CC)cc1)=C(CCCC)C2. The van der Waals surface area contributed by atoms with Gasteiger partial charge in [-0.15, -0.1) is 0 Å². The highest BCUT2D eigenvalue weighted by molar-refractivity contribution is 6.07. The molecule has 0 fully saturated rings. The molecule has 1 atom stereocenters. The van der Waals surface area contributed by atoms with Gasteiger partial charge in [-0.1, -0.05) is 88.4 Å². The van der Waals surface area contributed by atoms with Crippen LogP contribution in [0.5, 0.6) is 0 Å². The van der Waals surface area contributed by atoms with E-state index in [1.54, 1.807) is 5.57 Å². The lowest BCUT2D eigenvalue weighted by Gasteiger charge is -2.15. The van der Waals surface area contributed by atoms with Gasteiger partial charge in [-0.3, -0.25) is 0 Å². The first-order valence-corrected chi connectivity index (χ1v) is 10.4. The van der Waals surface area contributed by atoms with Crippen LogP contribution in [0.3, 0.4) is 0 Å². The van der Waals surface area contributed by atoms with Gasteiger partial charge in [0.15, 0.2) is 0 Å². The Bertz CT molecular complexity index is 861. The van der Waals surface area contributed by atoms with Crippen molar-refractivity contribution in [3.63, 3.8) is 0 Å². The first kappa shape index (κ1) is 19.4. The number of benzene rings is 2. The first-order valence-electron chi connectivity index (χ1n) is 10.4. The molecule has 0 bridgehead atoms. The second-order valence-electron chi connectivity index (χ2n) is 7.79. The van der Waals surface area contributed by atoms with E-state index in [-0.39, 0.29) is 0 Å². The topological polar surface area (TPSA) is 0 Å². The molecule has 1 aliphatic carbocycles. The van der Waals surface area contributed by atoms with Gasteiger partial charge < -0.3 is 0 Å². The Labute approximate surface area is 165 Å². The standard InChI is InChI=1S/C27H32/c1-6-9-10-25-18-24-12-11-21(8-3)17-26(24)27(25)20(5)23-15-13-22(14-16-23)19(4)7-2/h8,11-17,19H,3,5-7,9-10,18H2,1-2,4H3. The average Bonchev–Trinajstić information content (AvgIpc) is 3.08. The first-order chi connectivity index (χ1) is 13.1. The third kappa shape index (κ3) is 4.00. The van der Waals surface area contributed by atoms with E-state index in [9.17, 15) is 0 Å². The van der Waals surface area contributed by atoms with Crippen LogP contribution >= 0.6 is 0 Å². The number of hydrogen-bond donors (Lipinski definition) is 0. The molecule has 0 spiro atoms. The largest absolute Gasteiger partial charge is 0.0985 e. The van der Waals surface area contributed by atoms with Gasteiger partial charge in [0.2, 0.25) is 0 Å². The van der Waals surface area contributed by atoms with Gasteiger partial charge in [-0.2, -0.15) is 0 Å². The molecule has 0 aliphatic heterocycles. The van der Waals surface area contributed by atoms with Crippen LogP contribution in [0.1, 0.15) is 80.2 Å².